The predicted octanol–water partition coefficient (Wildman–Crippen LogP) is 1.49. The summed E-state index contributed by atoms with van der Waals surface area (Å²) in [4.78, 5) is 47.8. The summed E-state index contributed by atoms with van der Waals surface area (Å²) in [6.07, 6.45) is 7.57. The van der Waals surface area contributed by atoms with Gasteiger partial charge in [-0.05, 0) is 56.1 Å². The normalized spacial score (nSPS) is 23.2. The van der Waals surface area contributed by atoms with Gasteiger partial charge in [0.05, 0.1) is 5.92 Å². The molecule has 214 valence electrons. The Hall–Kier alpha value is -2.76. The number of hydrogen-bond donors (Lipinski definition) is 3. The Bertz CT molecular complexity index is 948. The summed E-state index contributed by atoms with van der Waals surface area (Å²) in [7, 11) is 1.77. The number of aromatic nitrogens is 1. The van der Waals surface area contributed by atoms with Crippen molar-refractivity contribution in [3.8, 4) is 0 Å². The van der Waals surface area contributed by atoms with Gasteiger partial charge in [0.25, 0.3) is 17.5 Å². The van der Waals surface area contributed by atoms with Crippen LogP contribution in [0.4, 0.5) is 0 Å². The molecule has 3 aliphatic heterocycles. The third kappa shape index (κ3) is 10.5. The maximum Gasteiger partial charge on any atom is 0.300 e. The minimum absolute atomic E-state index is 0.0361. The molecule has 1 aromatic heterocycles. The molecule has 3 fully saturated rings. The van der Waals surface area contributed by atoms with Gasteiger partial charge in [0.15, 0.2) is 0 Å². The van der Waals surface area contributed by atoms with E-state index < -0.39 is 11.9 Å². The summed E-state index contributed by atoms with van der Waals surface area (Å²) in [5.41, 5.74) is 7.50. The van der Waals surface area contributed by atoms with Gasteiger partial charge in [-0.2, -0.15) is 0 Å². The molecule has 1 amide bonds. The molecule has 0 bridgehead atoms. The first-order valence-electron chi connectivity index (χ1n) is 13.4. The number of carbonyl (C=O) groups excluding carboxylic acids is 1. The van der Waals surface area contributed by atoms with Crippen molar-refractivity contribution in [1.82, 2.24) is 14.4 Å². The highest BCUT2D eigenvalue weighted by molar-refractivity contribution is 5.79. The van der Waals surface area contributed by atoms with Gasteiger partial charge in [-0.15, -0.1) is 0 Å². The number of aryl methyl sites for hydroxylation is 1. The molecule has 4 heterocycles. The molecule has 11 nitrogen and oxygen atoms in total. The van der Waals surface area contributed by atoms with Crippen molar-refractivity contribution in [3.05, 3.63) is 34.2 Å². The van der Waals surface area contributed by atoms with Crippen molar-refractivity contribution in [2.45, 2.75) is 70.4 Å². The van der Waals surface area contributed by atoms with E-state index in [1.165, 1.54) is 0 Å². The first-order chi connectivity index (χ1) is 18.0. The van der Waals surface area contributed by atoms with E-state index in [1.54, 1.807) is 17.7 Å². The zero-order valence-electron chi connectivity index (χ0n) is 22.9. The number of likely N-dealkylation sites (tertiary alicyclic amines) is 2. The fourth-order valence-electron chi connectivity index (χ4n) is 5.32. The van der Waals surface area contributed by atoms with E-state index in [4.69, 9.17) is 30.3 Å². The molecule has 4 N–H and O–H groups in total. The Labute approximate surface area is 224 Å². The van der Waals surface area contributed by atoms with Gasteiger partial charge in [0.2, 0.25) is 5.91 Å². The predicted molar refractivity (Wildman–Crippen MR) is 143 cm³/mol. The molecule has 4 rings (SSSR count). The zero-order chi connectivity index (χ0) is 28.2. The van der Waals surface area contributed by atoms with Crippen molar-refractivity contribution in [3.63, 3.8) is 0 Å². The monoisotopic (exact) mass is 536 g/mol. The maximum absolute atomic E-state index is 13.4. The Morgan fingerprint density at radius 1 is 0.947 bits per heavy atom. The highest BCUT2D eigenvalue weighted by Gasteiger charge is 2.34. The smallest absolute Gasteiger partial charge is 0.300 e. The molecule has 2 atom stereocenters. The van der Waals surface area contributed by atoms with Gasteiger partial charge in [-0.25, -0.2) is 0 Å². The van der Waals surface area contributed by atoms with Crippen molar-refractivity contribution in [2.75, 3.05) is 39.4 Å². The number of ether oxygens (including phenoxy) is 1. The molecule has 3 aliphatic rings. The summed E-state index contributed by atoms with van der Waals surface area (Å²) < 4.78 is 7.12. The first kappa shape index (κ1) is 31.5. The quantitative estimate of drug-likeness (QED) is 0.521. The lowest BCUT2D eigenvalue weighted by Crippen LogP contribution is -2.48. The van der Waals surface area contributed by atoms with Crippen LogP contribution < -0.4 is 11.3 Å². The summed E-state index contributed by atoms with van der Waals surface area (Å²) in [6.45, 7) is 7.05. The molecule has 0 spiro atoms. The van der Waals surface area contributed by atoms with E-state index >= 15 is 0 Å². The molecule has 1 aromatic rings. The molecule has 0 aliphatic carbocycles. The topological polar surface area (TPSA) is 155 Å². The highest BCUT2D eigenvalue weighted by atomic mass is 16.5. The molecule has 0 unspecified atom stereocenters. The molecule has 0 saturated carbocycles. The van der Waals surface area contributed by atoms with Crippen LogP contribution in [-0.4, -0.2) is 93.9 Å². The Kier molecular flexibility index (Phi) is 12.9. The van der Waals surface area contributed by atoms with Gasteiger partial charge in [0, 0.05) is 84.6 Å². The van der Waals surface area contributed by atoms with Crippen LogP contribution in [-0.2, 0) is 26.2 Å². The average molecular weight is 537 g/mol. The Balaban J connectivity index is 0.000000559. The first-order valence-corrected chi connectivity index (χ1v) is 13.4. The molecule has 38 heavy (non-hydrogen) atoms. The van der Waals surface area contributed by atoms with Gasteiger partial charge < -0.3 is 30.2 Å². The number of piperidine rings is 1. The minimum atomic E-state index is -0.833. The highest BCUT2D eigenvalue weighted by Crippen LogP contribution is 2.29. The van der Waals surface area contributed by atoms with Crippen molar-refractivity contribution < 1.29 is 29.3 Å². The second-order valence-corrected chi connectivity index (χ2v) is 10.4. The van der Waals surface area contributed by atoms with Crippen molar-refractivity contribution >= 4 is 17.8 Å². The van der Waals surface area contributed by atoms with Gasteiger partial charge >= 0.3 is 0 Å². The number of carboxylic acid groups (broad SMARTS) is 2. The third-order valence-corrected chi connectivity index (χ3v) is 7.27. The SMILES string of the molecule is CC(=O)O.CC(=O)O.Cn1ccc(C2CCN(C(=O)[C@@H]3CC[C@H](N)CN(C4CCOCC4)C3)CC2)cc1=O. The molecule has 0 aromatic carbocycles. The molecule has 3 saturated heterocycles. The molecule has 0 radical (unpaired) electrons. The second-order valence-electron chi connectivity index (χ2n) is 10.4. The number of aliphatic carboxylic acids is 2. The van der Waals surface area contributed by atoms with Crippen molar-refractivity contribution in [2.24, 2.45) is 18.7 Å². The summed E-state index contributed by atoms with van der Waals surface area (Å²) in [5.74, 6) is -0.963. The van der Waals surface area contributed by atoms with E-state index in [9.17, 15) is 9.59 Å². The number of carboxylic acids is 2. The van der Waals surface area contributed by atoms with Gasteiger partial charge in [0.1, 0.15) is 0 Å². The summed E-state index contributed by atoms with van der Waals surface area (Å²) >= 11 is 0. The van der Waals surface area contributed by atoms with E-state index in [0.717, 1.165) is 97.3 Å². The number of hydrogen-bond acceptors (Lipinski definition) is 7. The van der Waals surface area contributed by atoms with Crippen LogP contribution in [0.5, 0.6) is 0 Å². The standard InChI is InChI=1S/C23H36N4O3.2C2H4O2/c1-25-9-4-18(14-22(25)28)17-5-10-26(11-6-17)23(29)19-2-3-20(24)16-27(15-19)21-7-12-30-13-8-21;2*1-2(3)4/h4,9,14,17,19-21H,2-3,5-8,10-13,15-16,24H2,1H3;2*1H3,(H,3,4)/t19-,20+;;/m1../s1. The Morgan fingerprint density at radius 3 is 2.08 bits per heavy atom. The summed E-state index contributed by atoms with van der Waals surface area (Å²) in [6, 6.07) is 4.43. The number of nitrogens with zero attached hydrogens (tertiary/aromatic N) is 3. The summed E-state index contributed by atoms with van der Waals surface area (Å²) in [5, 5.41) is 14.8. The minimum Gasteiger partial charge on any atom is -0.481 e. The van der Waals surface area contributed by atoms with E-state index in [1.807, 2.05) is 12.3 Å². The van der Waals surface area contributed by atoms with E-state index in [0.29, 0.717) is 17.9 Å². The fourth-order valence-corrected chi connectivity index (χ4v) is 5.32. The maximum atomic E-state index is 13.4. The van der Waals surface area contributed by atoms with Gasteiger partial charge in [-0.3, -0.25) is 24.1 Å². The number of rotatable bonds is 3. The third-order valence-electron chi connectivity index (χ3n) is 7.27. The number of amides is 1. The lowest BCUT2D eigenvalue weighted by atomic mass is 9.89. The number of carbonyl (C=O) groups is 3. The lowest BCUT2D eigenvalue weighted by molar-refractivity contribution is -0.138. The number of nitrogens with two attached hydrogens (primary N) is 1. The Morgan fingerprint density at radius 2 is 1.53 bits per heavy atom. The number of pyridine rings is 1. The van der Waals surface area contributed by atoms with Crippen LogP contribution in [0, 0.1) is 5.92 Å². The van der Waals surface area contributed by atoms with E-state index in [2.05, 4.69) is 9.80 Å². The van der Waals surface area contributed by atoms with Crippen LogP contribution in [0.3, 0.4) is 0 Å². The van der Waals surface area contributed by atoms with Gasteiger partial charge in [-0.1, -0.05) is 0 Å². The van der Waals surface area contributed by atoms with Crippen LogP contribution in [0.25, 0.3) is 0 Å². The largest absolute Gasteiger partial charge is 0.481 e. The molecular formula is C27H44N4O7. The van der Waals surface area contributed by atoms with E-state index in [-0.39, 0.29) is 17.5 Å². The lowest BCUT2D eigenvalue weighted by Gasteiger charge is -2.38. The molecule has 11 heteroatoms. The van der Waals surface area contributed by atoms with Crippen LogP contribution >= 0.6 is 0 Å². The zero-order valence-corrected chi connectivity index (χ0v) is 22.9. The van der Waals surface area contributed by atoms with Crippen molar-refractivity contribution in [1.29, 1.82) is 0 Å². The second kappa shape index (κ2) is 15.6. The van der Waals surface area contributed by atoms with Crippen LogP contribution in [0.1, 0.15) is 63.9 Å². The van der Waals surface area contributed by atoms with Crippen LogP contribution in [0.15, 0.2) is 23.1 Å². The molecular weight excluding hydrogens is 492 g/mol. The van der Waals surface area contributed by atoms with Crippen LogP contribution in [0.2, 0.25) is 0 Å². The average Bonchev–Trinajstić information content (AvgIpc) is 3.07. The fraction of sp³-hybridized carbons (Fsp3) is 0.704.